The summed E-state index contributed by atoms with van der Waals surface area (Å²) in [5.41, 5.74) is 2.79. The summed E-state index contributed by atoms with van der Waals surface area (Å²) in [7, 11) is 0. The standard InChI is InChI=1S/C22H25P/c1-18-12-11-17-22(19(18)2)23(3,4,20-13-7-5-8-14-20)21-15-9-6-10-16-21/h5-17H,1-4H3. The zero-order valence-electron chi connectivity index (χ0n) is 14.5. The number of rotatable bonds is 3. The van der Waals surface area contributed by atoms with E-state index < -0.39 is 6.60 Å². The van der Waals surface area contributed by atoms with Crippen molar-refractivity contribution in [2.45, 2.75) is 13.8 Å². The van der Waals surface area contributed by atoms with Crippen LogP contribution in [0.25, 0.3) is 0 Å². The van der Waals surface area contributed by atoms with Crippen molar-refractivity contribution in [2.24, 2.45) is 0 Å². The molecule has 1 heteroatoms. The zero-order chi connectivity index (χ0) is 16.5. The van der Waals surface area contributed by atoms with Crippen molar-refractivity contribution >= 4 is 22.5 Å². The Balaban J connectivity index is 2.43. The van der Waals surface area contributed by atoms with Gasteiger partial charge >= 0.3 is 140 Å². The first kappa shape index (κ1) is 16.0. The van der Waals surface area contributed by atoms with Crippen LogP contribution in [0.15, 0.2) is 78.9 Å². The monoisotopic (exact) mass is 320 g/mol. The minimum absolute atomic E-state index is 1.37. The molecule has 0 aliphatic carbocycles. The van der Waals surface area contributed by atoms with Crippen LogP contribution in [0.4, 0.5) is 0 Å². The fourth-order valence-electron chi connectivity index (χ4n) is 3.64. The van der Waals surface area contributed by atoms with Gasteiger partial charge in [-0.1, -0.05) is 0 Å². The molecule has 0 atom stereocenters. The molecule has 3 rings (SSSR count). The molecule has 0 nitrogen and oxygen atoms in total. The van der Waals surface area contributed by atoms with Crippen LogP contribution in [0, 0.1) is 13.8 Å². The van der Waals surface area contributed by atoms with E-state index in [4.69, 9.17) is 0 Å². The molecule has 0 fully saturated rings. The van der Waals surface area contributed by atoms with Gasteiger partial charge in [-0.25, -0.2) is 0 Å². The molecule has 0 saturated heterocycles. The Kier molecular flexibility index (Phi) is 3.90. The number of benzene rings is 3. The molecule has 0 spiro atoms. The Hall–Kier alpha value is -1.91. The van der Waals surface area contributed by atoms with E-state index in [1.807, 2.05) is 0 Å². The molecule has 0 heterocycles. The first-order chi connectivity index (χ1) is 10.9. The molecule has 0 aliphatic rings. The van der Waals surface area contributed by atoms with Gasteiger partial charge in [-0.3, -0.25) is 0 Å². The van der Waals surface area contributed by atoms with Crippen LogP contribution in [0.3, 0.4) is 0 Å². The van der Waals surface area contributed by atoms with E-state index in [0.717, 1.165) is 0 Å². The van der Waals surface area contributed by atoms with Crippen LogP contribution in [-0.4, -0.2) is 13.3 Å². The van der Waals surface area contributed by atoms with Gasteiger partial charge in [0.05, 0.1) is 0 Å². The van der Waals surface area contributed by atoms with E-state index in [2.05, 4.69) is 106 Å². The van der Waals surface area contributed by atoms with E-state index in [1.165, 1.54) is 27.0 Å². The number of hydrogen-bond acceptors (Lipinski definition) is 0. The van der Waals surface area contributed by atoms with Gasteiger partial charge in [0, 0.05) is 0 Å². The maximum absolute atomic E-state index is 2.48. The Bertz CT molecular complexity index is 774. The predicted octanol–water partition coefficient (Wildman–Crippen LogP) is 4.39. The molecular formula is C22H25P. The molecule has 0 aliphatic heterocycles. The third kappa shape index (κ3) is 2.42. The summed E-state index contributed by atoms with van der Waals surface area (Å²) in [5, 5.41) is 4.38. The maximum atomic E-state index is 2.48. The SMILES string of the molecule is Cc1cccc(P(C)(C)(c2ccccc2)c2ccccc2)c1C. The van der Waals surface area contributed by atoms with Gasteiger partial charge in [0.1, 0.15) is 0 Å². The quantitative estimate of drug-likeness (QED) is 0.628. The summed E-state index contributed by atoms with van der Waals surface area (Å²) in [5.74, 6) is 0. The van der Waals surface area contributed by atoms with Gasteiger partial charge in [-0.05, 0) is 0 Å². The van der Waals surface area contributed by atoms with Gasteiger partial charge in [-0.2, -0.15) is 0 Å². The second-order valence-electron chi connectivity index (χ2n) is 7.01. The van der Waals surface area contributed by atoms with Crippen molar-refractivity contribution in [2.75, 3.05) is 13.3 Å². The molecule has 0 saturated carbocycles. The topological polar surface area (TPSA) is 0 Å². The summed E-state index contributed by atoms with van der Waals surface area (Å²) in [6.45, 7) is 7.00. The Morgan fingerprint density at radius 3 is 1.52 bits per heavy atom. The van der Waals surface area contributed by atoms with Crippen LogP contribution in [0.1, 0.15) is 11.1 Å². The normalized spacial score (nSPS) is 13.3. The van der Waals surface area contributed by atoms with E-state index in [-0.39, 0.29) is 0 Å². The summed E-state index contributed by atoms with van der Waals surface area (Å²) >= 11 is 0. The van der Waals surface area contributed by atoms with E-state index in [9.17, 15) is 0 Å². The summed E-state index contributed by atoms with van der Waals surface area (Å²) < 4.78 is 0. The number of hydrogen-bond donors (Lipinski definition) is 0. The third-order valence-corrected chi connectivity index (χ3v) is 11.0. The van der Waals surface area contributed by atoms with Gasteiger partial charge in [0.2, 0.25) is 0 Å². The van der Waals surface area contributed by atoms with Crippen molar-refractivity contribution in [3.05, 3.63) is 90.0 Å². The number of aryl methyl sites for hydroxylation is 1. The van der Waals surface area contributed by atoms with Crippen LogP contribution >= 0.6 is 6.60 Å². The second kappa shape index (κ2) is 5.62. The van der Waals surface area contributed by atoms with Crippen LogP contribution in [0.2, 0.25) is 0 Å². The minimum atomic E-state index is -2.46. The van der Waals surface area contributed by atoms with Gasteiger partial charge < -0.3 is 0 Å². The van der Waals surface area contributed by atoms with Crippen molar-refractivity contribution in [1.82, 2.24) is 0 Å². The molecule has 0 unspecified atom stereocenters. The van der Waals surface area contributed by atoms with Gasteiger partial charge in [0.15, 0.2) is 0 Å². The Morgan fingerprint density at radius 1 is 0.565 bits per heavy atom. The van der Waals surface area contributed by atoms with Crippen molar-refractivity contribution in [3.8, 4) is 0 Å². The summed E-state index contributed by atoms with van der Waals surface area (Å²) in [6.07, 6.45) is 0. The molecule has 0 aromatic heterocycles. The molecule has 0 N–H and O–H groups in total. The Labute approximate surface area is 140 Å². The predicted molar refractivity (Wildman–Crippen MR) is 106 cm³/mol. The van der Waals surface area contributed by atoms with Crippen molar-refractivity contribution < 1.29 is 0 Å². The van der Waals surface area contributed by atoms with Crippen molar-refractivity contribution in [3.63, 3.8) is 0 Å². The molecule has 3 aromatic carbocycles. The third-order valence-electron chi connectivity index (χ3n) is 5.36. The summed E-state index contributed by atoms with van der Waals surface area (Å²) in [6, 6.07) is 28.8. The molecule has 0 radical (unpaired) electrons. The Morgan fingerprint density at radius 2 is 1.04 bits per heavy atom. The van der Waals surface area contributed by atoms with Crippen molar-refractivity contribution in [1.29, 1.82) is 0 Å². The first-order valence-electron chi connectivity index (χ1n) is 8.13. The molecule has 0 bridgehead atoms. The fraction of sp³-hybridized carbons (Fsp3) is 0.182. The molecule has 23 heavy (non-hydrogen) atoms. The average Bonchev–Trinajstić information content (AvgIpc) is 2.59. The molecular weight excluding hydrogens is 295 g/mol. The zero-order valence-corrected chi connectivity index (χ0v) is 15.3. The van der Waals surface area contributed by atoms with E-state index in [1.54, 1.807) is 0 Å². The second-order valence-corrected chi connectivity index (χ2v) is 12.8. The summed E-state index contributed by atoms with van der Waals surface area (Å²) in [4.78, 5) is 0. The van der Waals surface area contributed by atoms with Gasteiger partial charge in [0.25, 0.3) is 0 Å². The van der Waals surface area contributed by atoms with Crippen LogP contribution in [-0.2, 0) is 0 Å². The molecule has 0 amide bonds. The first-order valence-corrected chi connectivity index (χ1v) is 11.3. The average molecular weight is 320 g/mol. The van der Waals surface area contributed by atoms with Gasteiger partial charge in [-0.15, -0.1) is 0 Å². The van der Waals surface area contributed by atoms with Crippen LogP contribution in [0.5, 0.6) is 0 Å². The fourth-order valence-corrected chi connectivity index (χ4v) is 8.34. The van der Waals surface area contributed by atoms with E-state index in [0.29, 0.717) is 0 Å². The van der Waals surface area contributed by atoms with E-state index >= 15 is 0 Å². The molecule has 3 aromatic rings. The molecule has 118 valence electrons. The van der Waals surface area contributed by atoms with Crippen LogP contribution < -0.4 is 15.9 Å².